The van der Waals surface area contributed by atoms with Gasteiger partial charge in [0.15, 0.2) is 0 Å². The lowest BCUT2D eigenvalue weighted by Gasteiger charge is -2.24. The Balaban J connectivity index is 2.20. The van der Waals surface area contributed by atoms with Crippen molar-refractivity contribution in [3.8, 4) is 0 Å². The molecule has 1 aromatic heterocycles. The molecule has 1 aromatic carbocycles. The van der Waals surface area contributed by atoms with Crippen molar-refractivity contribution in [3.63, 3.8) is 0 Å². The molecule has 0 aliphatic carbocycles. The first-order chi connectivity index (χ1) is 8.68. The van der Waals surface area contributed by atoms with E-state index in [-0.39, 0.29) is 6.10 Å². The van der Waals surface area contributed by atoms with Gasteiger partial charge in [0.1, 0.15) is 0 Å². The molecule has 96 valence electrons. The van der Waals surface area contributed by atoms with E-state index in [1.54, 1.807) is 0 Å². The molecule has 0 radical (unpaired) electrons. The number of nitrogens with one attached hydrogen (secondary N) is 1. The Morgan fingerprint density at radius 2 is 2.17 bits per heavy atom. The topological polar surface area (TPSA) is 26.2 Å². The van der Waals surface area contributed by atoms with Gasteiger partial charge in [0.2, 0.25) is 0 Å². The van der Waals surface area contributed by atoms with Crippen molar-refractivity contribution in [1.82, 2.24) is 9.88 Å². The van der Waals surface area contributed by atoms with Gasteiger partial charge in [-0.15, -0.1) is 0 Å². The number of hydrogen-bond donors (Lipinski definition) is 1. The fourth-order valence-electron chi connectivity index (χ4n) is 2.87. The highest BCUT2D eigenvalue weighted by atomic mass is 16.5. The SMILES string of the molecule is Cc1ccc2c(c1)c(C1CNCCO1)c(C)n2C. The van der Waals surface area contributed by atoms with E-state index < -0.39 is 0 Å². The molecule has 1 aliphatic rings. The maximum atomic E-state index is 5.93. The Kier molecular flexibility index (Phi) is 2.88. The van der Waals surface area contributed by atoms with Crippen LogP contribution in [0.1, 0.15) is 22.9 Å². The predicted octanol–water partition coefficient (Wildman–Crippen LogP) is 2.46. The van der Waals surface area contributed by atoms with Gasteiger partial charge in [0.05, 0.1) is 12.7 Å². The molecule has 1 atom stereocenters. The van der Waals surface area contributed by atoms with Crippen LogP contribution >= 0.6 is 0 Å². The molecule has 1 saturated heterocycles. The lowest BCUT2D eigenvalue weighted by Crippen LogP contribution is -2.33. The minimum atomic E-state index is 0.184. The van der Waals surface area contributed by atoms with E-state index in [4.69, 9.17) is 4.74 Å². The Labute approximate surface area is 108 Å². The molecule has 0 bridgehead atoms. The average molecular weight is 244 g/mol. The number of nitrogens with zero attached hydrogens (tertiary/aromatic N) is 1. The monoisotopic (exact) mass is 244 g/mol. The van der Waals surface area contributed by atoms with Gasteiger partial charge in [-0.3, -0.25) is 0 Å². The van der Waals surface area contributed by atoms with Crippen LogP contribution in [0.5, 0.6) is 0 Å². The van der Waals surface area contributed by atoms with Gasteiger partial charge >= 0.3 is 0 Å². The van der Waals surface area contributed by atoms with Crippen LogP contribution in [0.4, 0.5) is 0 Å². The third-order valence-corrected chi connectivity index (χ3v) is 3.95. The van der Waals surface area contributed by atoms with E-state index in [0.29, 0.717) is 0 Å². The number of morpholine rings is 1. The van der Waals surface area contributed by atoms with Crippen molar-refractivity contribution in [3.05, 3.63) is 35.0 Å². The number of aryl methyl sites for hydroxylation is 2. The number of rotatable bonds is 1. The lowest BCUT2D eigenvalue weighted by atomic mass is 10.0. The van der Waals surface area contributed by atoms with Crippen molar-refractivity contribution in [1.29, 1.82) is 0 Å². The second-order valence-electron chi connectivity index (χ2n) is 5.14. The molecule has 1 aliphatic heterocycles. The standard InChI is InChI=1S/C15H20N2O/c1-10-4-5-13-12(8-10)15(11(2)17(13)3)14-9-16-6-7-18-14/h4-5,8,14,16H,6-7,9H2,1-3H3. The zero-order valence-electron chi connectivity index (χ0n) is 11.3. The molecule has 2 heterocycles. The minimum absolute atomic E-state index is 0.184. The van der Waals surface area contributed by atoms with Crippen molar-refractivity contribution in [2.24, 2.45) is 7.05 Å². The van der Waals surface area contributed by atoms with E-state index in [9.17, 15) is 0 Å². The molecule has 1 fully saturated rings. The van der Waals surface area contributed by atoms with Gasteiger partial charge in [-0.2, -0.15) is 0 Å². The average Bonchev–Trinajstić information content (AvgIpc) is 2.63. The van der Waals surface area contributed by atoms with Crippen LogP contribution < -0.4 is 5.32 Å². The van der Waals surface area contributed by atoms with Gasteiger partial charge in [-0.25, -0.2) is 0 Å². The summed E-state index contributed by atoms with van der Waals surface area (Å²) in [6.45, 7) is 6.99. The highest BCUT2D eigenvalue weighted by molar-refractivity contribution is 5.86. The largest absolute Gasteiger partial charge is 0.371 e. The molecule has 3 heteroatoms. The maximum absolute atomic E-state index is 5.93. The molecule has 1 N–H and O–H groups in total. The molecule has 3 nitrogen and oxygen atoms in total. The van der Waals surface area contributed by atoms with Gasteiger partial charge in [-0.05, 0) is 26.0 Å². The molecule has 3 rings (SSSR count). The van der Waals surface area contributed by atoms with Crippen LogP contribution in [0.2, 0.25) is 0 Å². The van der Waals surface area contributed by atoms with Gasteiger partial charge in [0.25, 0.3) is 0 Å². The molecule has 0 spiro atoms. The van der Waals surface area contributed by atoms with Crippen molar-refractivity contribution < 1.29 is 4.74 Å². The van der Waals surface area contributed by atoms with E-state index in [1.807, 2.05) is 0 Å². The zero-order chi connectivity index (χ0) is 12.7. The third-order valence-electron chi connectivity index (χ3n) is 3.95. The lowest BCUT2D eigenvalue weighted by molar-refractivity contribution is 0.0281. The van der Waals surface area contributed by atoms with Crippen LogP contribution in [0.25, 0.3) is 10.9 Å². The van der Waals surface area contributed by atoms with E-state index >= 15 is 0 Å². The number of benzene rings is 1. The Hall–Kier alpha value is -1.32. The van der Waals surface area contributed by atoms with Crippen LogP contribution in [0.15, 0.2) is 18.2 Å². The summed E-state index contributed by atoms with van der Waals surface area (Å²) in [5.74, 6) is 0. The normalized spacial score (nSPS) is 20.5. The number of fused-ring (bicyclic) bond motifs is 1. The maximum Gasteiger partial charge on any atom is 0.0973 e. The summed E-state index contributed by atoms with van der Waals surface area (Å²) in [6, 6.07) is 6.65. The first-order valence-electron chi connectivity index (χ1n) is 6.56. The first-order valence-corrected chi connectivity index (χ1v) is 6.56. The van der Waals surface area contributed by atoms with E-state index in [2.05, 4.69) is 49.0 Å². The van der Waals surface area contributed by atoms with E-state index in [1.165, 1.54) is 27.7 Å². The summed E-state index contributed by atoms with van der Waals surface area (Å²) in [4.78, 5) is 0. The fourth-order valence-corrected chi connectivity index (χ4v) is 2.87. The Morgan fingerprint density at radius 3 is 2.89 bits per heavy atom. The minimum Gasteiger partial charge on any atom is -0.371 e. The third kappa shape index (κ3) is 1.74. The van der Waals surface area contributed by atoms with Crippen molar-refractivity contribution >= 4 is 10.9 Å². The highest BCUT2D eigenvalue weighted by Gasteiger charge is 2.23. The van der Waals surface area contributed by atoms with Crippen LogP contribution in [0.3, 0.4) is 0 Å². The molecule has 0 amide bonds. The van der Waals surface area contributed by atoms with Crippen LogP contribution in [-0.2, 0) is 11.8 Å². The summed E-state index contributed by atoms with van der Waals surface area (Å²) in [5.41, 5.74) is 5.26. The van der Waals surface area contributed by atoms with Crippen LogP contribution in [-0.4, -0.2) is 24.3 Å². The summed E-state index contributed by atoms with van der Waals surface area (Å²) in [6.07, 6.45) is 0.184. The molecule has 2 aromatic rings. The second-order valence-corrected chi connectivity index (χ2v) is 5.14. The quantitative estimate of drug-likeness (QED) is 0.834. The number of hydrogen-bond acceptors (Lipinski definition) is 2. The highest BCUT2D eigenvalue weighted by Crippen LogP contribution is 2.32. The Morgan fingerprint density at radius 1 is 1.33 bits per heavy atom. The smallest absolute Gasteiger partial charge is 0.0973 e. The van der Waals surface area contributed by atoms with Gasteiger partial charge in [-0.1, -0.05) is 11.6 Å². The van der Waals surface area contributed by atoms with Crippen molar-refractivity contribution in [2.45, 2.75) is 20.0 Å². The molecular formula is C15H20N2O. The number of aromatic nitrogens is 1. The predicted molar refractivity (Wildman–Crippen MR) is 74.0 cm³/mol. The zero-order valence-corrected chi connectivity index (χ0v) is 11.3. The summed E-state index contributed by atoms with van der Waals surface area (Å²) < 4.78 is 8.20. The van der Waals surface area contributed by atoms with Gasteiger partial charge in [0, 0.05) is 42.3 Å². The van der Waals surface area contributed by atoms with Gasteiger partial charge < -0.3 is 14.6 Å². The molecule has 0 saturated carbocycles. The summed E-state index contributed by atoms with van der Waals surface area (Å²) >= 11 is 0. The summed E-state index contributed by atoms with van der Waals surface area (Å²) in [5, 5.41) is 4.75. The van der Waals surface area contributed by atoms with Crippen LogP contribution in [0, 0.1) is 13.8 Å². The Bertz CT molecular complexity index is 580. The second kappa shape index (κ2) is 4.41. The molecule has 18 heavy (non-hydrogen) atoms. The fraction of sp³-hybridized carbons (Fsp3) is 0.467. The first kappa shape index (κ1) is 11.8. The van der Waals surface area contributed by atoms with E-state index in [0.717, 1.165) is 19.7 Å². The summed E-state index contributed by atoms with van der Waals surface area (Å²) in [7, 11) is 2.13. The number of ether oxygens (including phenoxy) is 1. The molecule has 1 unspecified atom stereocenters. The van der Waals surface area contributed by atoms with Crippen molar-refractivity contribution in [2.75, 3.05) is 19.7 Å². The molecular weight excluding hydrogens is 224 g/mol.